The van der Waals surface area contributed by atoms with Gasteiger partial charge in [0.1, 0.15) is 11.6 Å². The van der Waals surface area contributed by atoms with E-state index in [4.69, 9.17) is 9.72 Å². The molecule has 1 aromatic heterocycles. The van der Waals surface area contributed by atoms with Crippen molar-refractivity contribution in [2.24, 2.45) is 0 Å². The summed E-state index contributed by atoms with van der Waals surface area (Å²) in [6.45, 7) is 7.97. The number of nitrogens with zero attached hydrogens (tertiary/aromatic N) is 4. The molecule has 0 saturated carbocycles. The number of aryl methyl sites for hydroxylation is 1. The molecule has 0 radical (unpaired) electrons. The third kappa shape index (κ3) is 5.85. The molecule has 0 unspecified atom stereocenters. The van der Waals surface area contributed by atoms with Crippen LogP contribution in [0.4, 0.5) is 5.13 Å². The molecule has 3 rings (SSSR count). The SMILES string of the molecule is CCN(CCN(CC)S(=O)(=O)c1ccc(OC)cc1)c1nc(Cc2ccc(C)cc2)ns1. The van der Waals surface area contributed by atoms with Crippen LogP contribution < -0.4 is 9.64 Å². The lowest BCUT2D eigenvalue weighted by atomic mass is 10.1. The van der Waals surface area contributed by atoms with Gasteiger partial charge in [0.15, 0.2) is 0 Å². The minimum atomic E-state index is -3.58. The minimum absolute atomic E-state index is 0.263. The topological polar surface area (TPSA) is 75.6 Å². The Bertz CT molecular complexity index is 1100. The summed E-state index contributed by atoms with van der Waals surface area (Å²) in [5.41, 5.74) is 2.40. The van der Waals surface area contributed by atoms with Gasteiger partial charge in [0, 0.05) is 44.1 Å². The number of anilines is 1. The highest BCUT2D eigenvalue weighted by molar-refractivity contribution is 7.89. The minimum Gasteiger partial charge on any atom is -0.497 e. The number of sulfonamides is 1. The first-order chi connectivity index (χ1) is 15.4. The summed E-state index contributed by atoms with van der Waals surface area (Å²) in [5.74, 6) is 1.41. The van der Waals surface area contributed by atoms with E-state index in [1.165, 1.54) is 27.0 Å². The van der Waals surface area contributed by atoms with Crippen LogP contribution in [0.2, 0.25) is 0 Å². The molecule has 0 bridgehead atoms. The van der Waals surface area contributed by atoms with Gasteiger partial charge in [0.05, 0.1) is 12.0 Å². The first-order valence-corrected chi connectivity index (χ1v) is 12.9. The van der Waals surface area contributed by atoms with E-state index in [9.17, 15) is 8.42 Å². The largest absolute Gasteiger partial charge is 0.497 e. The summed E-state index contributed by atoms with van der Waals surface area (Å²) in [7, 11) is -2.03. The lowest BCUT2D eigenvalue weighted by Gasteiger charge is -2.25. The van der Waals surface area contributed by atoms with Crippen molar-refractivity contribution in [2.45, 2.75) is 32.1 Å². The number of hydrogen-bond donors (Lipinski definition) is 0. The molecular formula is C23H30N4O3S2. The normalized spacial score (nSPS) is 11.7. The quantitative estimate of drug-likeness (QED) is 0.418. The van der Waals surface area contributed by atoms with E-state index in [1.54, 1.807) is 31.4 Å². The smallest absolute Gasteiger partial charge is 0.243 e. The lowest BCUT2D eigenvalue weighted by molar-refractivity contribution is 0.413. The molecule has 9 heteroatoms. The number of methoxy groups -OCH3 is 1. The summed E-state index contributed by atoms with van der Waals surface area (Å²) in [4.78, 5) is 7.03. The predicted octanol–water partition coefficient (Wildman–Crippen LogP) is 3.98. The number of hydrogen-bond acceptors (Lipinski definition) is 7. The number of rotatable bonds is 11. The van der Waals surface area contributed by atoms with Crippen molar-refractivity contribution in [3.63, 3.8) is 0 Å². The van der Waals surface area contributed by atoms with Gasteiger partial charge in [-0.25, -0.2) is 13.4 Å². The van der Waals surface area contributed by atoms with Crippen LogP contribution in [0, 0.1) is 6.92 Å². The first-order valence-electron chi connectivity index (χ1n) is 10.6. The van der Waals surface area contributed by atoms with Gasteiger partial charge in [-0.15, -0.1) is 0 Å². The Morgan fingerprint density at radius 3 is 2.25 bits per heavy atom. The summed E-state index contributed by atoms with van der Waals surface area (Å²) in [6, 6.07) is 14.8. The molecule has 7 nitrogen and oxygen atoms in total. The van der Waals surface area contributed by atoms with Crippen molar-refractivity contribution in [2.75, 3.05) is 38.2 Å². The summed E-state index contributed by atoms with van der Waals surface area (Å²) in [5, 5.41) is 0.813. The van der Waals surface area contributed by atoms with E-state index in [0.717, 1.165) is 17.5 Å². The Labute approximate surface area is 194 Å². The maximum Gasteiger partial charge on any atom is 0.243 e. The van der Waals surface area contributed by atoms with Crippen LogP contribution in [-0.2, 0) is 16.4 Å². The Balaban J connectivity index is 1.66. The average Bonchev–Trinajstić information content (AvgIpc) is 3.26. The zero-order chi connectivity index (χ0) is 23.1. The average molecular weight is 475 g/mol. The van der Waals surface area contributed by atoms with Crippen LogP contribution in [0.1, 0.15) is 30.8 Å². The van der Waals surface area contributed by atoms with Crippen LogP contribution in [0.5, 0.6) is 5.75 Å². The molecule has 0 fully saturated rings. The number of benzene rings is 2. The van der Waals surface area contributed by atoms with Crippen molar-refractivity contribution in [3.05, 3.63) is 65.5 Å². The summed E-state index contributed by atoms with van der Waals surface area (Å²) in [6.07, 6.45) is 0.682. The van der Waals surface area contributed by atoms with E-state index >= 15 is 0 Å². The van der Waals surface area contributed by atoms with Gasteiger partial charge >= 0.3 is 0 Å². The second kappa shape index (κ2) is 10.9. The molecule has 0 aliphatic carbocycles. The third-order valence-corrected chi connectivity index (χ3v) is 8.07. The standard InChI is InChI=1S/C23H30N4O3S2/c1-5-26(23-24-22(25-31-23)17-19-9-7-18(3)8-10-19)15-16-27(6-2)32(28,29)21-13-11-20(30-4)12-14-21/h7-14H,5-6,15-17H2,1-4H3. The number of aromatic nitrogens is 2. The zero-order valence-electron chi connectivity index (χ0n) is 19.0. The number of ether oxygens (including phenoxy) is 1. The van der Waals surface area contributed by atoms with Gasteiger partial charge in [-0.3, -0.25) is 0 Å². The fourth-order valence-electron chi connectivity index (χ4n) is 3.30. The van der Waals surface area contributed by atoms with Gasteiger partial charge in [-0.2, -0.15) is 8.68 Å². The molecule has 0 atom stereocenters. The molecule has 172 valence electrons. The molecule has 2 aromatic carbocycles. The van der Waals surface area contributed by atoms with E-state index in [1.807, 2.05) is 13.8 Å². The number of likely N-dealkylation sites (N-methyl/N-ethyl adjacent to an activating group) is 2. The van der Waals surface area contributed by atoms with E-state index in [2.05, 4.69) is 40.5 Å². The van der Waals surface area contributed by atoms with Crippen molar-refractivity contribution in [1.29, 1.82) is 0 Å². The molecule has 0 aliphatic heterocycles. The van der Waals surface area contributed by atoms with Crippen molar-refractivity contribution in [3.8, 4) is 5.75 Å². The molecule has 0 amide bonds. The van der Waals surface area contributed by atoms with Crippen molar-refractivity contribution < 1.29 is 13.2 Å². The highest BCUT2D eigenvalue weighted by atomic mass is 32.2. The second-order valence-electron chi connectivity index (χ2n) is 7.41. The monoisotopic (exact) mass is 474 g/mol. The van der Waals surface area contributed by atoms with Crippen molar-refractivity contribution >= 4 is 26.7 Å². The summed E-state index contributed by atoms with van der Waals surface area (Å²) >= 11 is 1.35. The lowest BCUT2D eigenvalue weighted by Crippen LogP contribution is -2.38. The van der Waals surface area contributed by atoms with E-state index < -0.39 is 10.0 Å². The van der Waals surface area contributed by atoms with E-state index in [0.29, 0.717) is 31.8 Å². The third-order valence-electron chi connectivity index (χ3n) is 5.26. The molecule has 0 N–H and O–H groups in total. The fourth-order valence-corrected chi connectivity index (χ4v) is 5.51. The highest BCUT2D eigenvalue weighted by Gasteiger charge is 2.24. The first kappa shape index (κ1) is 24.2. The molecule has 0 aliphatic rings. The molecule has 0 spiro atoms. The molecule has 1 heterocycles. The summed E-state index contributed by atoms with van der Waals surface area (Å²) < 4.78 is 37.3. The maximum atomic E-state index is 13.1. The van der Waals surface area contributed by atoms with Crippen LogP contribution in [0.25, 0.3) is 0 Å². The zero-order valence-corrected chi connectivity index (χ0v) is 20.6. The van der Waals surface area contributed by atoms with Gasteiger partial charge in [-0.05, 0) is 43.7 Å². The van der Waals surface area contributed by atoms with Gasteiger partial charge in [-0.1, -0.05) is 36.8 Å². The maximum absolute atomic E-state index is 13.1. The molecule has 32 heavy (non-hydrogen) atoms. The van der Waals surface area contributed by atoms with Crippen LogP contribution >= 0.6 is 11.5 Å². The van der Waals surface area contributed by atoms with Crippen LogP contribution in [-0.4, -0.2) is 55.4 Å². The molecule has 0 saturated heterocycles. The van der Waals surface area contributed by atoms with Gasteiger partial charge in [0.2, 0.25) is 15.2 Å². The van der Waals surface area contributed by atoms with Gasteiger partial charge in [0.25, 0.3) is 0 Å². The molecule has 3 aromatic rings. The van der Waals surface area contributed by atoms with Crippen LogP contribution in [0.15, 0.2) is 53.4 Å². The predicted molar refractivity (Wildman–Crippen MR) is 129 cm³/mol. The second-order valence-corrected chi connectivity index (χ2v) is 10.1. The Morgan fingerprint density at radius 2 is 1.66 bits per heavy atom. The van der Waals surface area contributed by atoms with Crippen molar-refractivity contribution in [1.82, 2.24) is 13.7 Å². The fraction of sp³-hybridized carbons (Fsp3) is 0.391. The Morgan fingerprint density at radius 1 is 0.969 bits per heavy atom. The Hall–Kier alpha value is -2.49. The molecular weight excluding hydrogens is 444 g/mol. The highest BCUT2D eigenvalue weighted by Crippen LogP contribution is 2.22. The van der Waals surface area contributed by atoms with E-state index in [-0.39, 0.29) is 4.90 Å². The van der Waals surface area contributed by atoms with Gasteiger partial charge < -0.3 is 9.64 Å². The van der Waals surface area contributed by atoms with Crippen LogP contribution in [0.3, 0.4) is 0 Å². The Kier molecular flexibility index (Phi) is 8.22.